The third-order valence-corrected chi connectivity index (χ3v) is 3.03. The van der Waals surface area contributed by atoms with Gasteiger partial charge in [0.2, 0.25) is 0 Å². The molecule has 0 aliphatic carbocycles. The summed E-state index contributed by atoms with van der Waals surface area (Å²) in [5.41, 5.74) is 1.92. The summed E-state index contributed by atoms with van der Waals surface area (Å²) in [5.74, 6) is 2.26. The van der Waals surface area contributed by atoms with E-state index in [4.69, 9.17) is 21.7 Å². The Morgan fingerprint density at radius 1 is 1.16 bits per heavy atom. The summed E-state index contributed by atoms with van der Waals surface area (Å²) < 4.78 is 11.1. The van der Waals surface area contributed by atoms with Crippen LogP contribution < -0.4 is 9.47 Å². The molecule has 0 spiro atoms. The Kier molecular flexibility index (Phi) is 4.16. The lowest BCUT2D eigenvalue weighted by Crippen LogP contribution is -1.96. The normalized spacial score (nSPS) is 10.3. The van der Waals surface area contributed by atoms with E-state index in [0.29, 0.717) is 16.1 Å². The molecule has 0 saturated heterocycles. The van der Waals surface area contributed by atoms with E-state index < -0.39 is 0 Å². The Labute approximate surface area is 117 Å². The molecular weight excluding hydrogens is 260 g/mol. The third-order valence-electron chi connectivity index (χ3n) is 2.82. The number of methoxy groups -OCH3 is 2. The average Bonchev–Trinajstić information content (AvgIpc) is 2.45. The molecule has 0 radical (unpaired) electrons. The van der Waals surface area contributed by atoms with E-state index in [1.54, 1.807) is 14.2 Å². The fourth-order valence-electron chi connectivity index (χ4n) is 1.83. The van der Waals surface area contributed by atoms with Gasteiger partial charge in [-0.3, -0.25) is 0 Å². The van der Waals surface area contributed by atoms with E-state index in [1.807, 2.05) is 31.2 Å². The molecule has 0 unspecified atom stereocenters. The van der Waals surface area contributed by atoms with Gasteiger partial charge >= 0.3 is 0 Å². The lowest BCUT2D eigenvalue weighted by atomic mass is 10.1. The maximum atomic E-state index is 5.30. The van der Waals surface area contributed by atoms with E-state index in [1.165, 1.54) is 0 Å². The first-order valence-electron chi connectivity index (χ1n) is 6.00. The Morgan fingerprint density at radius 2 is 1.89 bits per heavy atom. The van der Waals surface area contributed by atoms with Crippen molar-refractivity contribution in [2.75, 3.05) is 14.2 Å². The molecule has 0 aliphatic rings. The molecule has 1 heterocycles. The highest BCUT2D eigenvalue weighted by Gasteiger charge is 2.07. The van der Waals surface area contributed by atoms with Gasteiger partial charge in [-0.2, -0.15) is 0 Å². The van der Waals surface area contributed by atoms with Crippen LogP contribution in [-0.4, -0.2) is 24.2 Å². The summed E-state index contributed by atoms with van der Waals surface area (Å²) in [6.07, 6.45) is 0.810. The number of hydrogen-bond acceptors (Lipinski definition) is 4. The van der Waals surface area contributed by atoms with Gasteiger partial charge in [0, 0.05) is 17.7 Å². The van der Waals surface area contributed by atoms with Crippen molar-refractivity contribution in [2.45, 2.75) is 13.3 Å². The van der Waals surface area contributed by atoms with Gasteiger partial charge in [-0.1, -0.05) is 19.1 Å². The fraction of sp³-hybridized carbons (Fsp3) is 0.286. The number of benzene rings is 1. The molecule has 2 rings (SSSR count). The Morgan fingerprint density at radius 3 is 2.53 bits per heavy atom. The van der Waals surface area contributed by atoms with E-state index >= 15 is 0 Å². The number of nitrogens with one attached hydrogen (secondary N) is 1. The number of aromatic amines is 1. The molecule has 0 bridgehead atoms. The van der Waals surface area contributed by atoms with Gasteiger partial charge in [0.15, 0.2) is 11.5 Å². The predicted octanol–water partition coefficient (Wildman–Crippen LogP) is 3.39. The molecule has 1 N–H and O–H groups in total. The zero-order valence-corrected chi connectivity index (χ0v) is 12.0. The molecule has 1 aromatic heterocycles. The third kappa shape index (κ3) is 2.93. The number of nitrogens with zero attached hydrogens (tertiary/aromatic N) is 1. The van der Waals surface area contributed by atoms with Crippen molar-refractivity contribution in [3.8, 4) is 22.8 Å². The average molecular weight is 276 g/mol. The largest absolute Gasteiger partial charge is 0.493 e. The second-order valence-corrected chi connectivity index (χ2v) is 4.42. The molecular formula is C14H16N2O2S. The van der Waals surface area contributed by atoms with Gasteiger partial charge in [0.1, 0.15) is 10.5 Å². The van der Waals surface area contributed by atoms with Crippen LogP contribution in [0.15, 0.2) is 24.3 Å². The van der Waals surface area contributed by atoms with Crippen molar-refractivity contribution in [3.05, 3.63) is 34.7 Å². The van der Waals surface area contributed by atoms with Crippen LogP contribution in [0.25, 0.3) is 11.3 Å². The molecule has 0 saturated carbocycles. The van der Waals surface area contributed by atoms with Gasteiger partial charge in [-0.05, 0) is 24.3 Å². The monoisotopic (exact) mass is 276 g/mol. The number of ether oxygens (including phenoxy) is 2. The molecule has 19 heavy (non-hydrogen) atoms. The van der Waals surface area contributed by atoms with Crippen LogP contribution >= 0.6 is 12.2 Å². The lowest BCUT2D eigenvalue weighted by Gasteiger charge is -2.10. The van der Waals surface area contributed by atoms with E-state index in [0.717, 1.165) is 23.5 Å². The number of rotatable bonds is 4. The molecule has 5 heteroatoms. The van der Waals surface area contributed by atoms with Crippen molar-refractivity contribution >= 4 is 12.2 Å². The first-order valence-corrected chi connectivity index (χ1v) is 6.41. The molecule has 0 fully saturated rings. The molecule has 100 valence electrons. The summed E-state index contributed by atoms with van der Waals surface area (Å²) in [7, 11) is 3.24. The van der Waals surface area contributed by atoms with Crippen LogP contribution in [0, 0.1) is 4.64 Å². The van der Waals surface area contributed by atoms with Crippen molar-refractivity contribution in [1.29, 1.82) is 0 Å². The van der Waals surface area contributed by atoms with E-state index in [-0.39, 0.29) is 0 Å². The van der Waals surface area contributed by atoms with Crippen LogP contribution in [0.4, 0.5) is 0 Å². The molecule has 1 aromatic carbocycles. The quantitative estimate of drug-likeness (QED) is 0.870. The van der Waals surface area contributed by atoms with Crippen molar-refractivity contribution in [1.82, 2.24) is 9.97 Å². The topological polar surface area (TPSA) is 47.1 Å². The molecule has 0 amide bonds. The smallest absolute Gasteiger partial charge is 0.161 e. The minimum absolute atomic E-state index is 0.584. The standard InChI is InChI=1S/C14H16N2O2S/c1-4-13-15-10(8-14(19)16-13)9-5-6-11(17-2)12(7-9)18-3/h5-8H,4H2,1-3H3,(H,15,16,19). The summed E-state index contributed by atoms with van der Waals surface area (Å²) in [4.78, 5) is 7.52. The van der Waals surface area contributed by atoms with Crippen LogP contribution in [0.3, 0.4) is 0 Å². The zero-order chi connectivity index (χ0) is 13.8. The number of aromatic nitrogens is 2. The van der Waals surface area contributed by atoms with Gasteiger partial charge in [0.25, 0.3) is 0 Å². The first-order chi connectivity index (χ1) is 9.17. The molecule has 4 nitrogen and oxygen atoms in total. The summed E-state index contributed by atoms with van der Waals surface area (Å²) >= 11 is 5.18. The van der Waals surface area contributed by atoms with Crippen LogP contribution in [0.2, 0.25) is 0 Å². The minimum atomic E-state index is 0.584. The van der Waals surface area contributed by atoms with Gasteiger partial charge in [-0.15, -0.1) is 0 Å². The summed E-state index contributed by atoms with van der Waals surface area (Å²) in [6.45, 7) is 2.03. The Bertz CT molecular complexity index is 638. The van der Waals surface area contributed by atoms with Gasteiger partial charge in [-0.25, -0.2) is 4.98 Å². The highest BCUT2D eigenvalue weighted by atomic mass is 32.1. The second-order valence-electron chi connectivity index (χ2n) is 4.00. The highest BCUT2D eigenvalue weighted by molar-refractivity contribution is 7.71. The number of hydrogen-bond donors (Lipinski definition) is 1. The maximum Gasteiger partial charge on any atom is 0.161 e. The van der Waals surface area contributed by atoms with Crippen molar-refractivity contribution in [3.63, 3.8) is 0 Å². The van der Waals surface area contributed by atoms with Crippen LogP contribution in [0.1, 0.15) is 12.7 Å². The maximum absolute atomic E-state index is 5.30. The summed E-state index contributed by atoms with van der Waals surface area (Å²) in [5, 5.41) is 0. The van der Waals surface area contributed by atoms with Crippen LogP contribution in [-0.2, 0) is 6.42 Å². The SMILES string of the molecule is CCc1nc(=S)cc(-c2ccc(OC)c(OC)c2)[nH]1. The lowest BCUT2D eigenvalue weighted by molar-refractivity contribution is 0.355. The van der Waals surface area contributed by atoms with Gasteiger partial charge < -0.3 is 14.5 Å². The molecule has 0 aliphatic heterocycles. The number of H-pyrrole nitrogens is 1. The minimum Gasteiger partial charge on any atom is -0.493 e. The Hall–Kier alpha value is -1.88. The first kappa shape index (κ1) is 13.5. The number of aryl methyl sites for hydroxylation is 1. The predicted molar refractivity (Wildman–Crippen MR) is 77.3 cm³/mol. The molecule has 0 atom stereocenters. The zero-order valence-electron chi connectivity index (χ0n) is 11.2. The fourth-order valence-corrected chi connectivity index (χ4v) is 2.06. The van der Waals surface area contributed by atoms with Crippen LogP contribution in [0.5, 0.6) is 11.5 Å². The van der Waals surface area contributed by atoms with E-state index in [2.05, 4.69) is 9.97 Å². The molecule has 2 aromatic rings. The summed E-state index contributed by atoms with van der Waals surface area (Å²) in [6, 6.07) is 7.59. The van der Waals surface area contributed by atoms with Crippen molar-refractivity contribution in [2.24, 2.45) is 0 Å². The Balaban J connectivity index is 2.52. The highest BCUT2D eigenvalue weighted by Crippen LogP contribution is 2.31. The van der Waals surface area contributed by atoms with Gasteiger partial charge in [0.05, 0.1) is 14.2 Å². The second kappa shape index (κ2) is 5.84. The van der Waals surface area contributed by atoms with E-state index in [9.17, 15) is 0 Å². The van der Waals surface area contributed by atoms with Crippen molar-refractivity contribution < 1.29 is 9.47 Å².